The van der Waals surface area contributed by atoms with Crippen molar-refractivity contribution in [1.82, 2.24) is 0 Å². The quantitative estimate of drug-likeness (QED) is 0.688. The first-order valence-corrected chi connectivity index (χ1v) is 8.77. The van der Waals surface area contributed by atoms with Crippen LogP contribution in [0.5, 0.6) is 0 Å². The van der Waals surface area contributed by atoms with Crippen LogP contribution in [0.15, 0.2) is 60.7 Å². The van der Waals surface area contributed by atoms with Gasteiger partial charge in [-0.3, -0.25) is 9.05 Å². The van der Waals surface area contributed by atoms with Gasteiger partial charge in [0, 0.05) is 11.2 Å². The molecule has 5 heteroatoms. The Labute approximate surface area is 123 Å². The second-order valence-corrected chi connectivity index (χ2v) is 6.88. The van der Waals surface area contributed by atoms with Gasteiger partial charge in [-0.2, -0.15) is 0 Å². The zero-order valence-corrected chi connectivity index (χ0v) is 12.6. The molecule has 0 amide bonds. The molecule has 0 aliphatic rings. The Bertz CT molecular complexity index is 560. The predicted molar refractivity (Wildman–Crippen MR) is 80.8 cm³/mol. The summed E-state index contributed by atoms with van der Waals surface area (Å²) in [6.45, 7) is -3.09. The first-order valence-electron chi connectivity index (χ1n) is 6.32. The van der Waals surface area contributed by atoms with Gasteiger partial charge in [-0.25, -0.2) is 4.57 Å². The van der Waals surface area contributed by atoms with Crippen LogP contribution in [0, 0.1) is 0 Å². The Hall–Kier alpha value is -1.12. The van der Waals surface area contributed by atoms with Gasteiger partial charge in [-0.05, 0) is 17.5 Å². The third-order valence-electron chi connectivity index (χ3n) is 2.71. The second kappa shape index (κ2) is 7.61. The highest BCUT2D eigenvalue weighted by molar-refractivity contribution is 7.81. The van der Waals surface area contributed by atoms with Crippen LogP contribution in [0.4, 0.5) is 0 Å². The molecule has 0 fully saturated rings. The molecule has 0 spiro atoms. The molecule has 3 nitrogen and oxygen atoms in total. The summed E-state index contributed by atoms with van der Waals surface area (Å²) in [4.78, 5) is 0. The lowest BCUT2D eigenvalue weighted by molar-refractivity contribution is 0.213. The van der Waals surface area contributed by atoms with Crippen molar-refractivity contribution in [1.29, 1.82) is 0 Å². The van der Waals surface area contributed by atoms with E-state index in [2.05, 4.69) is 0 Å². The molecule has 2 aromatic rings. The summed E-state index contributed by atoms with van der Waals surface area (Å²) in [5.74, 6) is 0. The van der Waals surface area contributed by atoms with Gasteiger partial charge in [-0.1, -0.05) is 60.7 Å². The summed E-state index contributed by atoms with van der Waals surface area (Å²) in [6.07, 6.45) is 0.645. The highest BCUT2D eigenvalue weighted by atomic mass is 35.7. The Balaban J connectivity index is 1.75. The van der Waals surface area contributed by atoms with E-state index in [0.717, 1.165) is 11.1 Å². The standard InChI is InChI=1S/C15H16ClO3P/c16-20(17,19-13-15-9-5-2-6-10-15)18-12-11-14-7-3-1-4-8-14/h1-10H,11-13H2. The van der Waals surface area contributed by atoms with Gasteiger partial charge in [0.25, 0.3) is 0 Å². The average Bonchev–Trinajstić information content (AvgIpc) is 2.47. The summed E-state index contributed by atoms with van der Waals surface area (Å²) in [6, 6.07) is 19.2. The van der Waals surface area contributed by atoms with Crippen molar-refractivity contribution in [3.05, 3.63) is 71.8 Å². The van der Waals surface area contributed by atoms with Crippen LogP contribution in [-0.4, -0.2) is 6.61 Å². The van der Waals surface area contributed by atoms with Crippen LogP contribution in [-0.2, 0) is 26.6 Å². The highest BCUT2D eigenvalue weighted by Crippen LogP contribution is 2.54. The zero-order valence-electron chi connectivity index (χ0n) is 10.9. The summed E-state index contributed by atoms with van der Waals surface area (Å²) >= 11 is 5.76. The molecule has 2 aromatic carbocycles. The summed E-state index contributed by atoms with van der Waals surface area (Å²) in [7, 11) is 0. The lowest BCUT2D eigenvalue weighted by Gasteiger charge is -2.11. The van der Waals surface area contributed by atoms with Gasteiger partial charge in [0.05, 0.1) is 13.2 Å². The van der Waals surface area contributed by atoms with E-state index in [4.69, 9.17) is 20.3 Å². The zero-order chi connectivity index (χ0) is 14.3. The van der Waals surface area contributed by atoms with E-state index in [1.807, 2.05) is 60.7 Å². The number of rotatable bonds is 7. The molecule has 0 aliphatic heterocycles. The Morgan fingerprint density at radius 3 is 2.00 bits per heavy atom. The number of hydrogen-bond donors (Lipinski definition) is 0. The van der Waals surface area contributed by atoms with Gasteiger partial charge in [-0.15, -0.1) is 0 Å². The molecule has 0 saturated carbocycles. The lowest BCUT2D eigenvalue weighted by Crippen LogP contribution is -1.97. The molecule has 0 heterocycles. The number of hydrogen-bond acceptors (Lipinski definition) is 3. The first kappa shape index (κ1) is 15.3. The fourth-order valence-corrected chi connectivity index (χ4v) is 2.72. The van der Waals surface area contributed by atoms with E-state index in [0.29, 0.717) is 6.42 Å². The topological polar surface area (TPSA) is 35.5 Å². The minimum Gasteiger partial charge on any atom is -0.297 e. The largest absolute Gasteiger partial charge is 0.424 e. The maximum absolute atomic E-state index is 11.9. The third kappa shape index (κ3) is 5.48. The maximum Gasteiger partial charge on any atom is 0.424 e. The van der Waals surface area contributed by atoms with Gasteiger partial charge in [0.1, 0.15) is 0 Å². The average molecular weight is 311 g/mol. The van der Waals surface area contributed by atoms with E-state index >= 15 is 0 Å². The number of benzene rings is 2. The van der Waals surface area contributed by atoms with E-state index in [1.54, 1.807) is 0 Å². The van der Waals surface area contributed by atoms with Gasteiger partial charge in [0.2, 0.25) is 0 Å². The molecular weight excluding hydrogens is 295 g/mol. The van der Waals surface area contributed by atoms with Crippen molar-refractivity contribution in [3.8, 4) is 0 Å². The molecule has 0 N–H and O–H groups in total. The summed E-state index contributed by atoms with van der Waals surface area (Å²) in [5, 5.41) is 0. The van der Waals surface area contributed by atoms with E-state index in [-0.39, 0.29) is 13.2 Å². The molecule has 0 saturated heterocycles. The fraction of sp³-hybridized carbons (Fsp3) is 0.200. The molecule has 0 radical (unpaired) electrons. The summed E-state index contributed by atoms with van der Waals surface area (Å²) < 4.78 is 22.2. The lowest BCUT2D eigenvalue weighted by atomic mass is 10.2. The van der Waals surface area contributed by atoms with Crippen molar-refractivity contribution in [2.45, 2.75) is 13.0 Å². The van der Waals surface area contributed by atoms with Crippen molar-refractivity contribution in [2.24, 2.45) is 0 Å². The third-order valence-corrected chi connectivity index (χ3v) is 4.22. The molecule has 1 unspecified atom stereocenters. The van der Waals surface area contributed by atoms with E-state index in [9.17, 15) is 4.57 Å². The van der Waals surface area contributed by atoms with Gasteiger partial charge in [0.15, 0.2) is 0 Å². The van der Waals surface area contributed by atoms with Crippen LogP contribution in [0.2, 0.25) is 0 Å². The molecule has 0 aliphatic carbocycles. The van der Waals surface area contributed by atoms with Crippen LogP contribution >= 0.6 is 18.2 Å². The Kier molecular flexibility index (Phi) is 5.81. The minimum absolute atomic E-state index is 0.174. The van der Waals surface area contributed by atoms with Crippen molar-refractivity contribution in [2.75, 3.05) is 6.61 Å². The number of halogens is 1. The van der Waals surface area contributed by atoms with Crippen molar-refractivity contribution in [3.63, 3.8) is 0 Å². The second-order valence-electron chi connectivity index (χ2n) is 4.26. The van der Waals surface area contributed by atoms with Crippen molar-refractivity contribution < 1.29 is 13.6 Å². The van der Waals surface area contributed by atoms with Crippen LogP contribution in [0.25, 0.3) is 0 Å². The molecule has 2 rings (SSSR count). The Morgan fingerprint density at radius 1 is 0.850 bits per heavy atom. The van der Waals surface area contributed by atoms with Crippen LogP contribution in [0.3, 0.4) is 0 Å². The van der Waals surface area contributed by atoms with E-state index in [1.165, 1.54) is 0 Å². The Morgan fingerprint density at radius 2 is 1.40 bits per heavy atom. The summed E-state index contributed by atoms with van der Waals surface area (Å²) in [5.41, 5.74) is 2.01. The molecular formula is C15H16ClO3P. The molecule has 20 heavy (non-hydrogen) atoms. The smallest absolute Gasteiger partial charge is 0.297 e. The van der Waals surface area contributed by atoms with Crippen LogP contribution < -0.4 is 0 Å². The minimum atomic E-state index is -3.52. The van der Waals surface area contributed by atoms with Crippen molar-refractivity contribution >= 4 is 18.2 Å². The van der Waals surface area contributed by atoms with Gasteiger partial charge < -0.3 is 0 Å². The van der Waals surface area contributed by atoms with E-state index < -0.39 is 6.95 Å². The highest BCUT2D eigenvalue weighted by Gasteiger charge is 2.20. The molecule has 106 valence electrons. The normalized spacial score (nSPS) is 13.8. The monoisotopic (exact) mass is 310 g/mol. The molecule has 0 bridgehead atoms. The predicted octanol–water partition coefficient (Wildman–Crippen LogP) is 4.81. The SMILES string of the molecule is O=P(Cl)(OCCc1ccccc1)OCc1ccccc1. The molecule has 0 aromatic heterocycles. The molecule has 1 atom stereocenters. The fourth-order valence-electron chi connectivity index (χ4n) is 1.68. The maximum atomic E-state index is 11.9. The van der Waals surface area contributed by atoms with Gasteiger partial charge >= 0.3 is 6.95 Å². The van der Waals surface area contributed by atoms with Crippen LogP contribution in [0.1, 0.15) is 11.1 Å². The first-order chi connectivity index (χ1) is 9.66.